The van der Waals surface area contributed by atoms with Crippen LogP contribution in [0.15, 0.2) is 30.9 Å². The standard InChI is InChI=1S/C17H23ClN4O/c1-13(7-8-22-12-19-11-20-22)21-16-9-15(18)5-6-17(16)23-10-14-3-2-4-14/h5-6,9,11-14,21H,2-4,7-8,10H2,1H3/t13-/m1/s1. The van der Waals surface area contributed by atoms with Crippen LogP contribution in [-0.4, -0.2) is 27.4 Å². The number of aromatic nitrogens is 3. The minimum absolute atomic E-state index is 0.281. The maximum absolute atomic E-state index is 6.14. The number of hydrogen-bond acceptors (Lipinski definition) is 4. The summed E-state index contributed by atoms with van der Waals surface area (Å²) in [6.45, 7) is 3.77. The van der Waals surface area contributed by atoms with Gasteiger partial charge in [0, 0.05) is 17.6 Å². The predicted molar refractivity (Wildman–Crippen MR) is 92.0 cm³/mol. The zero-order valence-electron chi connectivity index (χ0n) is 13.4. The molecule has 1 saturated carbocycles. The zero-order chi connectivity index (χ0) is 16.1. The minimum atomic E-state index is 0.281. The van der Waals surface area contributed by atoms with Crippen molar-refractivity contribution in [1.29, 1.82) is 0 Å². The first-order valence-corrected chi connectivity index (χ1v) is 8.60. The van der Waals surface area contributed by atoms with Gasteiger partial charge in [0.15, 0.2) is 0 Å². The van der Waals surface area contributed by atoms with Crippen LogP contribution >= 0.6 is 11.6 Å². The Morgan fingerprint density at radius 3 is 3.00 bits per heavy atom. The number of anilines is 1. The second-order valence-corrected chi connectivity index (χ2v) is 6.68. The van der Waals surface area contributed by atoms with Gasteiger partial charge in [-0.15, -0.1) is 0 Å². The lowest BCUT2D eigenvalue weighted by atomic mass is 9.86. The lowest BCUT2D eigenvalue weighted by molar-refractivity contribution is 0.181. The molecule has 1 aromatic heterocycles. The van der Waals surface area contributed by atoms with E-state index in [-0.39, 0.29) is 6.04 Å². The second kappa shape index (κ2) is 7.68. The van der Waals surface area contributed by atoms with E-state index in [1.165, 1.54) is 19.3 Å². The third kappa shape index (κ3) is 4.61. The Hall–Kier alpha value is -1.75. The molecule has 1 aliphatic rings. The normalized spacial score (nSPS) is 15.9. The molecule has 1 N–H and O–H groups in total. The number of benzene rings is 1. The first-order valence-electron chi connectivity index (χ1n) is 8.22. The Balaban J connectivity index is 1.56. The molecular formula is C17H23ClN4O. The lowest BCUT2D eigenvalue weighted by Gasteiger charge is -2.26. The van der Waals surface area contributed by atoms with E-state index in [2.05, 4.69) is 22.3 Å². The van der Waals surface area contributed by atoms with Crippen LogP contribution in [0.1, 0.15) is 32.6 Å². The van der Waals surface area contributed by atoms with Crippen molar-refractivity contribution in [2.75, 3.05) is 11.9 Å². The van der Waals surface area contributed by atoms with Gasteiger partial charge in [0.05, 0.1) is 12.3 Å². The van der Waals surface area contributed by atoms with Crippen molar-refractivity contribution >= 4 is 17.3 Å². The first kappa shape index (κ1) is 16.1. The molecule has 0 amide bonds. The van der Waals surface area contributed by atoms with Crippen molar-refractivity contribution < 1.29 is 4.74 Å². The molecule has 2 aromatic rings. The molecule has 0 saturated heterocycles. The third-order valence-corrected chi connectivity index (χ3v) is 4.54. The van der Waals surface area contributed by atoms with Gasteiger partial charge in [-0.25, -0.2) is 4.98 Å². The van der Waals surface area contributed by atoms with E-state index in [1.54, 1.807) is 12.7 Å². The van der Waals surface area contributed by atoms with Crippen LogP contribution in [0.25, 0.3) is 0 Å². The first-order chi connectivity index (χ1) is 11.2. The van der Waals surface area contributed by atoms with E-state index in [1.807, 2.05) is 22.9 Å². The topological polar surface area (TPSA) is 52.0 Å². The monoisotopic (exact) mass is 334 g/mol. The molecule has 6 heteroatoms. The largest absolute Gasteiger partial charge is 0.491 e. The fourth-order valence-electron chi connectivity index (χ4n) is 2.62. The lowest BCUT2D eigenvalue weighted by Crippen LogP contribution is -2.21. The van der Waals surface area contributed by atoms with Gasteiger partial charge in [0.25, 0.3) is 0 Å². The second-order valence-electron chi connectivity index (χ2n) is 6.24. The van der Waals surface area contributed by atoms with Crippen LogP contribution < -0.4 is 10.1 Å². The molecule has 23 heavy (non-hydrogen) atoms. The van der Waals surface area contributed by atoms with Gasteiger partial charge in [0.1, 0.15) is 18.4 Å². The van der Waals surface area contributed by atoms with Crippen molar-refractivity contribution in [2.45, 2.75) is 45.2 Å². The Bertz CT molecular complexity index is 613. The number of halogens is 1. The third-order valence-electron chi connectivity index (χ3n) is 4.30. The van der Waals surface area contributed by atoms with Crippen molar-refractivity contribution in [3.8, 4) is 5.75 Å². The SMILES string of the molecule is C[C@H](CCn1cncn1)Nc1cc(Cl)ccc1OCC1CCC1. The molecule has 0 radical (unpaired) electrons. The molecule has 3 rings (SSSR count). The fraction of sp³-hybridized carbons (Fsp3) is 0.529. The van der Waals surface area contributed by atoms with Crippen LogP contribution in [-0.2, 0) is 6.54 Å². The summed E-state index contributed by atoms with van der Waals surface area (Å²) < 4.78 is 7.84. The van der Waals surface area contributed by atoms with Crippen molar-refractivity contribution in [3.05, 3.63) is 35.9 Å². The van der Waals surface area contributed by atoms with Gasteiger partial charge in [-0.05, 0) is 50.3 Å². The summed E-state index contributed by atoms with van der Waals surface area (Å²) in [5.41, 5.74) is 0.961. The van der Waals surface area contributed by atoms with Crippen molar-refractivity contribution in [3.63, 3.8) is 0 Å². The van der Waals surface area contributed by atoms with Crippen molar-refractivity contribution in [1.82, 2.24) is 14.8 Å². The molecule has 0 spiro atoms. The predicted octanol–water partition coefficient (Wildman–Crippen LogP) is 4.00. The highest BCUT2D eigenvalue weighted by molar-refractivity contribution is 6.30. The fourth-order valence-corrected chi connectivity index (χ4v) is 2.79. The molecule has 0 unspecified atom stereocenters. The van der Waals surface area contributed by atoms with E-state index in [9.17, 15) is 0 Å². The van der Waals surface area contributed by atoms with Crippen molar-refractivity contribution in [2.24, 2.45) is 5.92 Å². The number of aryl methyl sites for hydroxylation is 1. The van der Waals surface area contributed by atoms with Gasteiger partial charge in [-0.1, -0.05) is 18.0 Å². The zero-order valence-corrected chi connectivity index (χ0v) is 14.2. The summed E-state index contributed by atoms with van der Waals surface area (Å²) in [5, 5.41) is 8.34. The average Bonchev–Trinajstić information content (AvgIpc) is 2.99. The Morgan fingerprint density at radius 2 is 2.30 bits per heavy atom. The van der Waals surface area contributed by atoms with E-state index in [0.717, 1.165) is 31.0 Å². The molecule has 0 bridgehead atoms. The summed E-state index contributed by atoms with van der Waals surface area (Å²) in [6, 6.07) is 6.05. The number of rotatable bonds is 8. The maximum Gasteiger partial charge on any atom is 0.142 e. The average molecular weight is 335 g/mol. The van der Waals surface area contributed by atoms with Gasteiger partial charge in [-0.3, -0.25) is 4.68 Å². The highest BCUT2D eigenvalue weighted by Gasteiger charge is 2.19. The Labute approximate surface area is 142 Å². The van der Waals surface area contributed by atoms with Gasteiger partial charge < -0.3 is 10.1 Å². The highest BCUT2D eigenvalue weighted by Crippen LogP contribution is 2.32. The quantitative estimate of drug-likeness (QED) is 0.792. The summed E-state index contributed by atoms with van der Waals surface area (Å²) in [4.78, 5) is 3.96. The Morgan fingerprint density at radius 1 is 1.43 bits per heavy atom. The van der Waals surface area contributed by atoms with Gasteiger partial charge >= 0.3 is 0 Å². The molecule has 0 aliphatic heterocycles. The van der Waals surface area contributed by atoms with Crippen LogP contribution in [0.4, 0.5) is 5.69 Å². The van der Waals surface area contributed by atoms with E-state index >= 15 is 0 Å². The number of ether oxygens (including phenoxy) is 1. The Kier molecular flexibility index (Phi) is 5.39. The summed E-state index contributed by atoms with van der Waals surface area (Å²) >= 11 is 6.14. The number of nitrogens with one attached hydrogen (secondary N) is 1. The summed E-state index contributed by atoms with van der Waals surface area (Å²) in [7, 11) is 0. The molecule has 5 nitrogen and oxygen atoms in total. The van der Waals surface area contributed by atoms with E-state index in [0.29, 0.717) is 10.9 Å². The molecule has 124 valence electrons. The number of hydrogen-bond donors (Lipinski definition) is 1. The van der Waals surface area contributed by atoms with E-state index < -0.39 is 0 Å². The van der Waals surface area contributed by atoms with Gasteiger partial charge in [-0.2, -0.15) is 5.10 Å². The summed E-state index contributed by atoms with van der Waals surface area (Å²) in [5.74, 6) is 1.59. The number of nitrogens with zero attached hydrogens (tertiary/aromatic N) is 3. The van der Waals surface area contributed by atoms with Crippen LogP contribution in [0, 0.1) is 5.92 Å². The minimum Gasteiger partial charge on any atom is -0.491 e. The summed E-state index contributed by atoms with van der Waals surface area (Å²) in [6.07, 6.45) is 8.13. The molecular weight excluding hydrogens is 312 g/mol. The van der Waals surface area contributed by atoms with E-state index in [4.69, 9.17) is 16.3 Å². The van der Waals surface area contributed by atoms with Crippen LogP contribution in [0.3, 0.4) is 0 Å². The van der Waals surface area contributed by atoms with Crippen LogP contribution in [0.5, 0.6) is 5.75 Å². The molecule has 1 aliphatic carbocycles. The van der Waals surface area contributed by atoms with Gasteiger partial charge in [0.2, 0.25) is 0 Å². The molecule has 1 atom stereocenters. The maximum atomic E-state index is 6.14. The molecule has 1 heterocycles. The molecule has 1 fully saturated rings. The highest BCUT2D eigenvalue weighted by atomic mass is 35.5. The molecule has 1 aromatic carbocycles. The van der Waals surface area contributed by atoms with Crippen LogP contribution in [0.2, 0.25) is 5.02 Å². The smallest absolute Gasteiger partial charge is 0.142 e.